The largest absolute Gasteiger partial charge is 0.369 e. The van der Waals surface area contributed by atoms with E-state index >= 15 is 0 Å². The number of rotatable bonds is 1. The van der Waals surface area contributed by atoms with Gasteiger partial charge in [0.15, 0.2) is 0 Å². The zero-order valence-electron chi connectivity index (χ0n) is 9.27. The number of nitriles is 1. The van der Waals surface area contributed by atoms with Crippen LogP contribution in [0.3, 0.4) is 0 Å². The highest BCUT2D eigenvalue weighted by Gasteiger charge is 2.27. The predicted octanol–water partition coefficient (Wildman–Crippen LogP) is 2.79. The van der Waals surface area contributed by atoms with Crippen molar-refractivity contribution in [3.63, 3.8) is 0 Å². The van der Waals surface area contributed by atoms with Crippen molar-refractivity contribution < 1.29 is 0 Å². The molecule has 2 rings (SSSR count). The summed E-state index contributed by atoms with van der Waals surface area (Å²) < 4.78 is 0. The zero-order valence-corrected chi connectivity index (χ0v) is 9.27. The van der Waals surface area contributed by atoms with Crippen molar-refractivity contribution in [2.24, 2.45) is 5.92 Å². The molecule has 1 heterocycles. The molecule has 15 heavy (non-hydrogen) atoms. The van der Waals surface area contributed by atoms with Gasteiger partial charge in [-0.3, -0.25) is 0 Å². The van der Waals surface area contributed by atoms with E-state index in [-0.39, 0.29) is 0 Å². The molecule has 0 aromatic heterocycles. The highest BCUT2D eigenvalue weighted by Crippen LogP contribution is 2.29. The molecule has 0 aliphatic carbocycles. The maximum atomic E-state index is 8.72. The summed E-state index contributed by atoms with van der Waals surface area (Å²) in [6.07, 6.45) is 1.27. The van der Waals surface area contributed by atoms with Crippen molar-refractivity contribution in [2.45, 2.75) is 26.3 Å². The highest BCUT2D eigenvalue weighted by molar-refractivity contribution is 5.51. The Morgan fingerprint density at radius 3 is 2.40 bits per heavy atom. The minimum absolute atomic E-state index is 0.609. The third-order valence-electron chi connectivity index (χ3n) is 3.47. The van der Waals surface area contributed by atoms with Gasteiger partial charge in [-0.1, -0.05) is 6.92 Å². The zero-order chi connectivity index (χ0) is 10.8. The van der Waals surface area contributed by atoms with Crippen molar-refractivity contribution >= 4 is 5.69 Å². The Balaban J connectivity index is 2.20. The summed E-state index contributed by atoms with van der Waals surface area (Å²) >= 11 is 0. The van der Waals surface area contributed by atoms with Crippen LogP contribution in [0, 0.1) is 17.2 Å². The fraction of sp³-hybridized carbons (Fsp3) is 0.462. The maximum Gasteiger partial charge on any atom is 0.0991 e. The average Bonchev–Trinajstić information content (AvgIpc) is 2.60. The van der Waals surface area contributed by atoms with Crippen LogP contribution in [0.25, 0.3) is 0 Å². The van der Waals surface area contributed by atoms with Crippen LogP contribution in [0.4, 0.5) is 5.69 Å². The molecule has 2 nitrogen and oxygen atoms in total. The molecule has 0 radical (unpaired) electrons. The van der Waals surface area contributed by atoms with Crippen molar-refractivity contribution in [3.05, 3.63) is 29.8 Å². The summed E-state index contributed by atoms with van der Waals surface area (Å²) in [6.45, 7) is 5.71. The summed E-state index contributed by atoms with van der Waals surface area (Å²) in [5.74, 6) is 0.764. The van der Waals surface area contributed by atoms with Crippen LogP contribution in [0.1, 0.15) is 25.8 Å². The van der Waals surface area contributed by atoms with Gasteiger partial charge in [0, 0.05) is 18.3 Å². The van der Waals surface area contributed by atoms with E-state index in [1.54, 1.807) is 0 Å². The van der Waals surface area contributed by atoms with Gasteiger partial charge in [-0.15, -0.1) is 0 Å². The van der Waals surface area contributed by atoms with E-state index in [1.165, 1.54) is 12.1 Å². The van der Waals surface area contributed by atoms with Gasteiger partial charge in [-0.2, -0.15) is 5.26 Å². The monoisotopic (exact) mass is 200 g/mol. The topological polar surface area (TPSA) is 27.0 Å². The van der Waals surface area contributed by atoms with Crippen molar-refractivity contribution in [1.82, 2.24) is 0 Å². The number of hydrogen-bond acceptors (Lipinski definition) is 2. The molecule has 1 aliphatic rings. The van der Waals surface area contributed by atoms with Crippen LogP contribution in [0.15, 0.2) is 24.3 Å². The second kappa shape index (κ2) is 3.94. The van der Waals surface area contributed by atoms with E-state index in [2.05, 4.69) is 24.8 Å². The van der Waals surface area contributed by atoms with Crippen LogP contribution in [0.5, 0.6) is 0 Å². The van der Waals surface area contributed by atoms with Crippen LogP contribution >= 0.6 is 0 Å². The molecular formula is C13H16N2. The Morgan fingerprint density at radius 2 is 1.93 bits per heavy atom. The van der Waals surface area contributed by atoms with Gasteiger partial charge in [-0.25, -0.2) is 0 Å². The molecule has 1 aliphatic heterocycles. The minimum Gasteiger partial charge on any atom is -0.369 e. The number of benzene rings is 1. The number of nitrogens with zero attached hydrogens (tertiary/aromatic N) is 2. The first-order chi connectivity index (χ1) is 7.22. The molecule has 2 heteroatoms. The van der Waals surface area contributed by atoms with Gasteiger partial charge in [0.2, 0.25) is 0 Å². The second-order valence-electron chi connectivity index (χ2n) is 4.36. The van der Waals surface area contributed by atoms with Crippen LogP contribution in [-0.2, 0) is 0 Å². The Bertz CT molecular complexity index is 375. The van der Waals surface area contributed by atoms with E-state index in [0.29, 0.717) is 6.04 Å². The lowest BCUT2D eigenvalue weighted by atomic mass is 10.1. The molecule has 1 aromatic carbocycles. The maximum absolute atomic E-state index is 8.72. The summed E-state index contributed by atoms with van der Waals surface area (Å²) in [5.41, 5.74) is 1.98. The molecule has 0 saturated carbocycles. The smallest absolute Gasteiger partial charge is 0.0991 e. The first-order valence-electron chi connectivity index (χ1n) is 5.49. The molecule has 2 atom stereocenters. The molecule has 0 spiro atoms. The fourth-order valence-electron chi connectivity index (χ4n) is 2.19. The molecule has 0 amide bonds. The average molecular weight is 200 g/mol. The molecule has 0 bridgehead atoms. The summed E-state index contributed by atoms with van der Waals surface area (Å²) in [5, 5.41) is 8.72. The number of hydrogen-bond donors (Lipinski definition) is 0. The van der Waals surface area contributed by atoms with E-state index < -0.39 is 0 Å². The first kappa shape index (κ1) is 10.0. The quantitative estimate of drug-likeness (QED) is 0.697. The molecule has 1 fully saturated rings. The summed E-state index contributed by atoms with van der Waals surface area (Å²) in [7, 11) is 0. The van der Waals surface area contributed by atoms with Gasteiger partial charge in [-0.05, 0) is 43.5 Å². The fourth-order valence-corrected chi connectivity index (χ4v) is 2.19. The molecule has 2 unspecified atom stereocenters. The lowest BCUT2D eigenvalue weighted by Gasteiger charge is -2.25. The SMILES string of the molecule is CC1CCN(c2ccc(C#N)cc2)C1C. The van der Waals surface area contributed by atoms with E-state index in [1.807, 2.05) is 24.3 Å². The third-order valence-corrected chi connectivity index (χ3v) is 3.47. The third kappa shape index (κ3) is 1.83. The Hall–Kier alpha value is -1.49. The first-order valence-corrected chi connectivity index (χ1v) is 5.49. The van der Waals surface area contributed by atoms with Gasteiger partial charge in [0.1, 0.15) is 0 Å². The van der Waals surface area contributed by atoms with Gasteiger partial charge in [0.25, 0.3) is 0 Å². The molecule has 1 aromatic rings. The van der Waals surface area contributed by atoms with E-state index in [4.69, 9.17) is 5.26 Å². The second-order valence-corrected chi connectivity index (χ2v) is 4.36. The van der Waals surface area contributed by atoms with Gasteiger partial charge >= 0.3 is 0 Å². The van der Waals surface area contributed by atoms with Crippen molar-refractivity contribution in [2.75, 3.05) is 11.4 Å². The van der Waals surface area contributed by atoms with Crippen LogP contribution in [-0.4, -0.2) is 12.6 Å². The standard InChI is InChI=1S/C13H16N2/c1-10-7-8-15(11(10)2)13-5-3-12(9-14)4-6-13/h3-6,10-11H,7-8H2,1-2H3. The Labute approximate surface area is 91.1 Å². The lowest BCUT2D eigenvalue weighted by Crippen LogP contribution is -2.28. The summed E-state index contributed by atoms with van der Waals surface area (Å²) in [4.78, 5) is 2.42. The highest BCUT2D eigenvalue weighted by atomic mass is 15.2. The molecule has 1 saturated heterocycles. The number of anilines is 1. The van der Waals surface area contributed by atoms with Crippen LogP contribution < -0.4 is 4.90 Å². The van der Waals surface area contributed by atoms with Crippen LogP contribution in [0.2, 0.25) is 0 Å². The predicted molar refractivity (Wildman–Crippen MR) is 61.7 cm³/mol. The van der Waals surface area contributed by atoms with E-state index in [0.717, 1.165) is 18.0 Å². The van der Waals surface area contributed by atoms with Gasteiger partial charge in [0.05, 0.1) is 11.6 Å². The molecular weight excluding hydrogens is 184 g/mol. The Morgan fingerprint density at radius 1 is 1.27 bits per heavy atom. The molecule has 0 N–H and O–H groups in total. The van der Waals surface area contributed by atoms with Gasteiger partial charge < -0.3 is 4.90 Å². The van der Waals surface area contributed by atoms with Crippen molar-refractivity contribution in [3.8, 4) is 6.07 Å². The molecule has 78 valence electrons. The minimum atomic E-state index is 0.609. The van der Waals surface area contributed by atoms with E-state index in [9.17, 15) is 0 Å². The normalized spacial score (nSPS) is 25.3. The Kier molecular flexibility index (Phi) is 2.64. The summed E-state index contributed by atoms with van der Waals surface area (Å²) in [6, 6.07) is 10.6. The van der Waals surface area contributed by atoms with Crippen molar-refractivity contribution in [1.29, 1.82) is 5.26 Å². The lowest BCUT2D eigenvalue weighted by molar-refractivity contribution is 0.546.